The van der Waals surface area contributed by atoms with Crippen molar-refractivity contribution in [3.8, 4) is 0 Å². The fourth-order valence-electron chi connectivity index (χ4n) is 1.72. The second-order valence-corrected chi connectivity index (χ2v) is 5.57. The van der Waals surface area contributed by atoms with E-state index >= 15 is 0 Å². The minimum atomic E-state index is -3.33. The number of benzene rings is 1. The maximum Gasteiger partial charge on any atom is 0.204 e. The molecule has 0 aromatic heterocycles. The van der Waals surface area contributed by atoms with Crippen LogP contribution in [0.3, 0.4) is 0 Å². The van der Waals surface area contributed by atoms with E-state index in [1.54, 1.807) is 18.2 Å². The summed E-state index contributed by atoms with van der Waals surface area (Å²) in [6.45, 7) is 0.232. The zero-order valence-electron chi connectivity index (χ0n) is 7.97. The molecular formula is C10H11NO2S2. The van der Waals surface area contributed by atoms with E-state index in [0.29, 0.717) is 15.4 Å². The molecule has 1 aliphatic heterocycles. The Bertz CT molecular complexity index is 532. The number of hydrogen-bond acceptors (Lipinski definition) is 4. The quantitative estimate of drug-likeness (QED) is 0.765. The molecule has 0 saturated heterocycles. The van der Waals surface area contributed by atoms with Crippen LogP contribution < -0.4 is 5.73 Å². The molecule has 80 valence electrons. The summed E-state index contributed by atoms with van der Waals surface area (Å²) in [5, 5.41) is 0. The Hall–Kier alpha value is -0.780. The van der Waals surface area contributed by atoms with Gasteiger partial charge in [-0.2, -0.15) is 12.6 Å². The number of sulfone groups is 1. The van der Waals surface area contributed by atoms with Crippen molar-refractivity contribution >= 4 is 28.5 Å². The highest BCUT2D eigenvalue weighted by Gasteiger charge is 2.30. The predicted molar refractivity (Wildman–Crippen MR) is 63.3 cm³/mol. The molecule has 1 aromatic carbocycles. The van der Waals surface area contributed by atoms with Gasteiger partial charge in [0.25, 0.3) is 0 Å². The topological polar surface area (TPSA) is 60.2 Å². The van der Waals surface area contributed by atoms with Crippen LogP contribution in [0.15, 0.2) is 28.0 Å². The molecule has 1 aromatic rings. The Balaban J connectivity index is 2.73. The van der Waals surface area contributed by atoms with Crippen molar-refractivity contribution in [3.05, 3.63) is 34.2 Å². The van der Waals surface area contributed by atoms with E-state index in [1.165, 1.54) is 0 Å². The molecule has 15 heavy (non-hydrogen) atoms. The lowest BCUT2D eigenvalue weighted by molar-refractivity contribution is 0.602. The molecule has 0 spiro atoms. The Kier molecular flexibility index (Phi) is 2.62. The van der Waals surface area contributed by atoms with Crippen LogP contribution in [-0.2, 0) is 16.4 Å². The molecule has 2 rings (SSSR count). The first-order valence-corrected chi connectivity index (χ1v) is 6.61. The number of hydrogen-bond donors (Lipinski definition) is 2. The molecule has 0 atom stereocenters. The molecule has 1 aliphatic rings. The average molecular weight is 241 g/mol. The van der Waals surface area contributed by atoms with Crippen molar-refractivity contribution in [2.24, 2.45) is 5.73 Å². The highest BCUT2D eigenvalue weighted by atomic mass is 32.2. The Morgan fingerprint density at radius 3 is 2.67 bits per heavy atom. The molecule has 0 fully saturated rings. The van der Waals surface area contributed by atoms with E-state index in [9.17, 15) is 8.42 Å². The van der Waals surface area contributed by atoms with Crippen molar-refractivity contribution in [2.45, 2.75) is 11.4 Å². The minimum absolute atomic E-state index is 0.223. The zero-order chi connectivity index (χ0) is 11.1. The molecular weight excluding hydrogens is 230 g/mol. The summed E-state index contributed by atoms with van der Waals surface area (Å²) in [6.07, 6.45) is 1.66. The summed E-state index contributed by atoms with van der Waals surface area (Å²) in [5.74, 6) is 0.223. The zero-order valence-corrected chi connectivity index (χ0v) is 9.68. The van der Waals surface area contributed by atoms with Crippen LogP contribution in [0.1, 0.15) is 11.1 Å². The molecule has 3 nitrogen and oxygen atoms in total. The lowest BCUT2D eigenvalue weighted by Crippen LogP contribution is -2.08. The molecule has 0 saturated carbocycles. The van der Waals surface area contributed by atoms with Gasteiger partial charge in [-0.3, -0.25) is 0 Å². The first-order valence-electron chi connectivity index (χ1n) is 4.49. The molecule has 2 N–H and O–H groups in total. The summed E-state index contributed by atoms with van der Waals surface area (Å²) in [5.41, 5.74) is 6.92. The highest BCUT2D eigenvalue weighted by molar-refractivity contribution is 7.97. The Morgan fingerprint density at radius 2 is 2.07 bits per heavy atom. The Morgan fingerprint density at radius 1 is 1.33 bits per heavy atom. The summed E-state index contributed by atoms with van der Waals surface area (Å²) in [7, 11) is -3.33. The second kappa shape index (κ2) is 3.66. The maximum atomic E-state index is 12.0. The monoisotopic (exact) mass is 241 g/mol. The van der Waals surface area contributed by atoms with Gasteiger partial charge in [-0.1, -0.05) is 18.2 Å². The number of rotatable bonds is 2. The lowest BCUT2D eigenvalue weighted by Gasteiger charge is -2.06. The van der Waals surface area contributed by atoms with Gasteiger partial charge in [0.15, 0.2) is 0 Å². The molecule has 1 heterocycles. The number of fused-ring (bicyclic) bond motifs is 1. The third-order valence-corrected chi connectivity index (χ3v) is 4.98. The van der Waals surface area contributed by atoms with Crippen molar-refractivity contribution < 1.29 is 8.42 Å². The van der Waals surface area contributed by atoms with E-state index in [-0.39, 0.29) is 12.3 Å². The van der Waals surface area contributed by atoms with E-state index in [1.807, 2.05) is 6.07 Å². The maximum absolute atomic E-state index is 12.0. The first-order chi connectivity index (χ1) is 7.11. The van der Waals surface area contributed by atoms with Crippen LogP contribution in [0, 0.1) is 0 Å². The van der Waals surface area contributed by atoms with Crippen LogP contribution in [0.25, 0.3) is 6.08 Å². The van der Waals surface area contributed by atoms with Gasteiger partial charge in [-0.05, 0) is 17.2 Å². The molecule has 5 heteroatoms. The van der Waals surface area contributed by atoms with Crippen molar-refractivity contribution in [2.75, 3.05) is 5.75 Å². The van der Waals surface area contributed by atoms with Crippen LogP contribution in [-0.4, -0.2) is 14.2 Å². The fraction of sp³-hybridized carbons (Fsp3) is 0.200. The van der Waals surface area contributed by atoms with Gasteiger partial charge in [-0.25, -0.2) is 8.42 Å². The first kappa shape index (κ1) is 10.7. The second-order valence-electron chi connectivity index (χ2n) is 3.31. The third kappa shape index (κ3) is 1.51. The molecule has 0 bridgehead atoms. The third-order valence-electron chi connectivity index (χ3n) is 2.43. The van der Waals surface area contributed by atoms with Crippen molar-refractivity contribution in [3.63, 3.8) is 0 Å². The fourth-order valence-corrected chi connectivity index (χ4v) is 3.97. The summed E-state index contributed by atoms with van der Waals surface area (Å²) >= 11 is 4.02. The molecule has 0 aliphatic carbocycles. The normalized spacial score (nSPS) is 17.3. The summed E-state index contributed by atoms with van der Waals surface area (Å²) < 4.78 is 24.0. The predicted octanol–water partition coefficient (Wildman–Crippen LogP) is 1.20. The largest absolute Gasteiger partial charge is 0.326 e. The van der Waals surface area contributed by atoms with Gasteiger partial charge in [0.2, 0.25) is 9.84 Å². The van der Waals surface area contributed by atoms with Gasteiger partial charge in [-0.15, -0.1) is 0 Å². The minimum Gasteiger partial charge on any atom is -0.326 e. The van der Waals surface area contributed by atoms with Gasteiger partial charge >= 0.3 is 0 Å². The Labute approximate surface area is 94.3 Å². The number of nitrogens with two attached hydrogens (primary N) is 1. The lowest BCUT2D eigenvalue weighted by atomic mass is 10.1. The van der Waals surface area contributed by atoms with Gasteiger partial charge in [0.05, 0.1) is 9.80 Å². The van der Waals surface area contributed by atoms with Crippen molar-refractivity contribution in [1.29, 1.82) is 0 Å². The van der Waals surface area contributed by atoms with Gasteiger partial charge in [0.1, 0.15) is 0 Å². The van der Waals surface area contributed by atoms with Crippen LogP contribution in [0.2, 0.25) is 0 Å². The van der Waals surface area contributed by atoms with E-state index in [0.717, 1.165) is 5.56 Å². The molecule has 0 radical (unpaired) electrons. The van der Waals surface area contributed by atoms with Crippen LogP contribution in [0.4, 0.5) is 0 Å². The standard InChI is InChI=1S/C10H11NO2S2/c11-5-8-3-1-2-7-4-9(6-14)15(12,13)10(7)8/h1-4,14H,5-6,11H2. The summed E-state index contributed by atoms with van der Waals surface area (Å²) in [4.78, 5) is 0.707. The van der Waals surface area contributed by atoms with Crippen LogP contribution >= 0.6 is 12.6 Å². The van der Waals surface area contributed by atoms with Crippen LogP contribution in [0.5, 0.6) is 0 Å². The highest BCUT2D eigenvalue weighted by Crippen LogP contribution is 2.35. The van der Waals surface area contributed by atoms with E-state index in [2.05, 4.69) is 12.6 Å². The van der Waals surface area contributed by atoms with E-state index < -0.39 is 9.84 Å². The summed E-state index contributed by atoms with van der Waals surface area (Å²) in [6, 6.07) is 5.34. The average Bonchev–Trinajstić information content (AvgIpc) is 2.50. The van der Waals surface area contributed by atoms with Gasteiger partial charge in [0, 0.05) is 12.3 Å². The van der Waals surface area contributed by atoms with Gasteiger partial charge < -0.3 is 5.73 Å². The molecule has 0 unspecified atom stereocenters. The molecule has 0 amide bonds. The number of thiol groups is 1. The SMILES string of the molecule is NCc1cccc2c1S(=O)(=O)C(CS)=C2. The van der Waals surface area contributed by atoms with Crippen molar-refractivity contribution in [1.82, 2.24) is 0 Å². The smallest absolute Gasteiger partial charge is 0.204 e. The van der Waals surface area contributed by atoms with E-state index in [4.69, 9.17) is 5.73 Å².